The van der Waals surface area contributed by atoms with Crippen LogP contribution in [-0.2, 0) is 4.74 Å². The smallest absolute Gasteiger partial charge is 0.270 e. The molecule has 7 nitrogen and oxygen atoms in total. The van der Waals surface area contributed by atoms with E-state index in [9.17, 15) is 14.9 Å². The maximum absolute atomic E-state index is 12.8. The van der Waals surface area contributed by atoms with Gasteiger partial charge in [0.15, 0.2) is 0 Å². The number of carbonyl (C=O) groups is 1. The molecule has 0 aliphatic carbocycles. The van der Waals surface area contributed by atoms with E-state index in [0.29, 0.717) is 42.7 Å². The molecule has 2 aromatic rings. The van der Waals surface area contributed by atoms with Gasteiger partial charge in [-0.1, -0.05) is 29.3 Å². The van der Waals surface area contributed by atoms with Crippen LogP contribution in [0.5, 0.6) is 0 Å². The first-order valence-electron chi connectivity index (χ1n) is 7.84. The Morgan fingerprint density at radius 3 is 2.62 bits per heavy atom. The van der Waals surface area contributed by atoms with Gasteiger partial charge in [-0.25, -0.2) is 0 Å². The number of nitrogens with one attached hydrogen (secondary N) is 1. The Morgan fingerprint density at radius 2 is 1.92 bits per heavy atom. The molecule has 1 amide bonds. The van der Waals surface area contributed by atoms with E-state index < -0.39 is 10.8 Å². The molecule has 0 spiro atoms. The van der Waals surface area contributed by atoms with Crippen molar-refractivity contribution in [3.05, 3.63) is 62.1 Å². The monoisotopic (exact) mass is 395 g/mol. The molecular weight excluding hydrogens is 381 g/mol. The third-order valence-electron chi connectivity index (χ3n) is 3.99. The van der Waals surface area contributed by atoms with Gasteiger partial charge in [-0.05, 0) is 18.2 Å². The largest absolute Gasteiger partial charge is 0.378 e. The summed E-state index contributed by atoms with van der Waals surface area (Å²) in [5.74, 6) is -0.501. The van der Waals surface area contributed by atoms with Crippen LogP contribution in [0.1, 0.15) is 10.4 Å². The van der Waals surface area contributed by atoms with Crippen molar-refractivity contribution in [1.29, 1.82) is 0 Å². The van der Waals surface area contributed by atoms with Crippen LogP contribution in [0, 0.1) is 10.1 Å². The van der Waals surface area contributed by atoms with Gasteiger partial charge in [0.05, 0.1) is 45.1 Å². The molecule has 1 aliphatic rings. The van der Waals surface area contributed by atoms with Gasteiger partial charge >= 0.3 is 0 Å². The van der Waals surface area contributed by atoms with E-state index in [-0.39, 0.29) is 16.3 Å². The maximum Gasteiger partial charge on any atom is 0.270 e. The number of benzene rings is 2. The summed E-state index contributed by atoms with van der Waals surface area (Å²) < 4.78 is 5.33. The summed E-state index contributed by atoms with van der Waals surface area (Å²) in [5, 5.41) is 14.3. The molecule has 1 aliphatic heterocycles. The zero-order valence-electron chi connectivity index (χ0n) is 13.6. The second-order valence-corrected chi connectivity index (χ2v) is 6.40. The predicted molar refractivity (Wildman–Crippen MR) is 101 cm³/mol. The van der Waals surface area contributed by atoms with E-state index in [0.717, 1.165) is 0 Å². The molecule has 0 saturated carbocycles. The zero-order chi connectivity index (χ0) is 18.7. The second kappa shape index (κ2) is 7.90. The van der Waals surface area contributed by atoms with Crippen molar-refractivity contribution in [1.82, 2.24) is 0 Å². The number of nitro groups is 1. The van der Waals surface area contributed by atoms with Crippen molar-refractivity contribution in [2.24, 2.45) is 0 Å². The fourth-order valence-electron chi connectivity index (χ4n) is 2.69. The fourth-order valence-corrected chi connectivity index (χ4v) is 3.04. The summed E-state index contributed by atoms with van der Waals surface area (Å²) in [5.41, 5.74) is 0.972. The molecule has 0 bridgehead atoms. The lowest BCUT2D eigenvalue weighted by Gasteiger charge is -2.30. The Balaban J connectivity index is 1.97. The Kier molecular flexibility index (Phi) is 5.61. The summed E-state index contributed by atoms with van der Waals surface area (Å²) in [6, 6.07) is 9.09. The number of ether oxygens (including phenoxy) is 1. The van der Waals surface area contributed by atoms with Gasteiger partial charge in [0.2, 0.25) is 0 Å². The number of carbonyl (C=O) groups excluding carboxylic acids is 1. The third kappa shape index (κ3) is 3.90. The summed E-state index contributed by atoms with van der Waals surface area (Å²) >= 11 is 12.1. The minimum Gasteiger partial charge on any atom is -0.378 e. The highest BCUT2D eigenvalue weighted by Gasteiger charge is 2.22. The van der Waals surface area contributed by atoms with E-state index in [4.69, 9.17) is 27.9 Å². The van der Waals surface area contributed by atoms with Gasteiger partial charge in [-0.3, -0.25) is 14.9 Å². The highest BCUT2D eigenvalue weighted by atomic mass is 35.5. The molecule has 0 unspecified atom stereocenters. The first-order valence-corrected chi connectivity index (χ1v) is 8.59. The van der Waals surface area contributed by atoms with Crippen LogP contribution in [0.2, 0.25) is 10.0 Å². The molecule has 1 heterocycles. The number of anilines is 2. The maximum atomic E-state index is 12.8. The van der Waals surface area contributed by atoms with Gasteiger partial charge < -0.3 is 15.0 Å². The molecule has 136 valence electrons. The number of non-ortho nitro benzene ring substituents is 1. The highest BCUT2D eigenvalue weighted by Crippen LogP contribution is 2.32. The lowest BCUT2D eigenvalue weighted by molar-refractivity contribution is -0.384. The lowest BCUT2D eigenvalue weighted by atomic mass is 10.1. The van der Waals surface area contributed by atoms with Gasteiger partial charge in [0.25, 0.3) is 11.6 Å². The van der Waals surface area contributed by atoms with E-state index in [1.807, 2.05) is 4.90 Å². The SMILES string of the molecule is O=C(Nc1cccc(Cl)c1Cl)c1cc([N+](=O)[O-])ccc1N1CCOCC1. The van der Waals surface area contributed by atoms with E-state index >= 15 is 0 Å². The number of nitro benzene ring substituents is 1. The Labute approximate surface area is 159 Å². The normalized spacial score (nSPS) is 14.2. The standard InChI is InChI=1S/C17H15Cl2N3O4/c18-13-2-1-3-14(16(13)19)20-17(23)12-10-11(22(24)25)4-5-15(12)21-6-8-26-9-7-21/h1-5,10H,6-9H2,(H,20,23). The number of amides is 1. The Bertz CT molecular complexity index is 854. The summed E-state index contributed by atoms with van der Waals surface area (Å²) in [7, 11) is 0. The van der Waals surface area contributed by atoms with Crippen molar-refractivity contribution in [2.75, 3.05) is 36.5 Å². The average molecular weight is 396 g/mol. The van der Waals surface area contributed by atoms with Crippen molar-refractivity contribution < 1.29 is 14.5 Å². The third-order valence-corrected chi connectivity index (χ3v) is 4.81. The molecule has 9 heteroatoms. The number of nitrogens with zero attached hydrogens (tertiary/aromatic N) is 2. The van der Waals surface area contributed by atoms with Crippen molar-refractivity contribution in [2.45, 2.75) is 0 Å². The molecule has 1 saturated heterocycles. The molecular formula is C17H15Cl2N3O4. The minimum atomic E-state index is -0.535. The van der Waals surface area contributed by atoms with Crippen LogP contribution in [0.25, 0.3) is 0 Å². The fraction of sp³-hybridized carbons (Fsp3) is 0.235. The minimum absolute atomic E-state index is 0.163. The van der Waals surface area contributed by atoms with E-state index in [1.165, 1.54) is 12.1 Å². The summed E-state index contributed by atoms with van der Waals surface area (Å²) in [4.78, 5) is 25.4. The van der Waals surface area contributed by atoms with E-state index in [1.54, 1.807) is 24.3 Å². The topological polar surface area (TPSA) is 84.7 Å². The van der Waals surface area contributed by atoms with Crippen LogP contribution >= 0.6 is 23.2 Å². The molecule has 0 radical (unpaired) electrons. The number of halogens is 2. The van der Waals surface area contributed by atoms with Crippen LogP contribution in [-0.4, -0.2) is 37.1 Å². The van der Waals surface area contributed by atoms with E-state index in [2.05, 4.69) is 5.32 Å². The predicted octanol–water partition coefficient (Wildman–Crippen LogP) is 3.99. The van der Waals surface area contributed by atoms with Crippen molar-refractivity contribution >= 4 is 46.2 Å². The van der Waals surface area contributed by atoms with Crippen LogP contribution < -0.4 is 10.2 Å². The number of morpholine rings is 1. The molecule has 3 rings (SSSR count). The molecule has 2 aromatic carbocycles. The molecule has 0 aromatic heterocycles. The molecule has 0 atom stereocenters. The van der Waals surface area contributed by atoms with Gasteiger partial charge in [0.1, 0.15) is 0 Å². The van der Waals surface area contributed by atoms with Gasteiger partial charge in [-0.15, -0.1) is 0 Å². The van der Waals surface area contributed by atoms with Gasteiger partial charge in [-0.2, -0.15) is 0 Å². The molecule has 26 heavy (non-hydrogen) atoms. The molecule has 1 N–H and O–H groups in total. The van der Waals surface area contributed by atoms with Crippen molar-refractivity contribution in [3.8, 4) is 0 Å². The highest BCUT2D eigenvalue weighted by molar-refractivity contribution is 6.44. The van der Waals surface area contributed by atoms with Crippen LogP contribution in [0.3, 0.4) is 0 Å². The Hall–Kier alpha value is -2.35. The lowest BCUT2D eigenvalue weighted by Crippen LogP contribution is -2.37. The average Bonchev–Trinajstić information content (AvgIpc) is 2.65. The number of hydrogen-bond donors (Lipinski definition) is 1. The number of hydrogen-bond acceptors (Lipinski definition) is 5. The molecule has 1 fully saturated rings. The quantitative estimate of drug-likeness (QED) is 0.624. The first-order chi connectivity index (χ1) is 12.5. The summed E-state index contributed by atoms with van der Waals surface area (Å²) in [6.45, 7) is 2.24. The van der Waals surface area contributed by atoms with Crippen LogP contribution in [0.15, 0.2) is 36.4 Å². The summed E-state index contributed by atoms with van der Waals surface area (Å²) in [6.07, 6.45) is 0. The van der Waals surface area contributed by atoms with Gasteiger partial charge in [0, 0.05) is 25.2 Å². The second-order valence-electron chi connectivity index (χ2n) is 5.61. The van der Waals surface area contributed by atoms with Crippen LogP contribution in [0.4, 0.5) is 17.1 Å². The van der Waals surface area contributed by atoms with Crippen molar-refractivity contribution in [3.63, 3.8) is 0 Å². The number of rotatable bonds is 4. The Morgan fingerprint density at radius 1 is 1.19 bits per heavy atom. The first kappa shape index (κ1) is 18.4. The zero-order valence-corrected chi connectivity index (χ0v) is 15.1.